The van der Waals surface area contributed by atoms with Gasteiger partial charge in [-0.25, -0.2) is 4.98 Å². The first-order valence-electron chi connectivity index (χ1n) is 9.13. The van der Waals surface area contributed by atoms with Gasteiger partial charge in [0.05, 0.1) is 30.1 Å². The summed E-state index contributed by atoms with van der Waals surface area (Å²) in [7, 11) is 0. The van der Waals surface area contributed by atoms with Crippen LogP contribution in [0.4, 0.5) is 0 Å². The lowest BCUT2D eigenvalue weighted by molar-refractivity contribution is -0.139. The number of benzene rings is 2. The van der Waals surface area contributed by atoms with Crippen molar-refractivity contribution in [3.63, 3.8) is 0 Å². The zero-order chi connectivity index (χ0) is 17.8. The first-order chi connectivity index (χ1) is 12.8. The average Bonchev–Trinajstić information content (AvgIpc) is 3.10. The molecule has 2 aromatic carbocycles. The topological polar surface area (TPSA) is 47.4 Å². The van der Waals surface area contributed by atoms with Gasteiger partial charge in [-0.15, -0.1) is 0 Å². The molecule has 1 aliphatic rings. The number of amides is 1. The van der Waals surface area contributed by atoms with Gasteiger partial charge in [-0.3, -0.25) is 4.79 Å². The fraction of sp³-hybridized carbons (Fsp3) is 0.333. The Bertz CT molecular complexity index is 875. The van der Waals surface area contributed by atoms with Crippen LogP contribution < -0.4 is 0 Å². The quantitative estimate of drug-likeness (QED) is 0.712. The molecule has 5 heteroatoms. The molecular weight excluding hydrogens is 326 g/mol. The minimum Gasteiger partial charge on any atom is -0.375 e. The molecule has 1 saturated heterocycles. The van der Waals surface area contributed by atoms with Crippen molar-refractivity contribution in [1.29, 1.82) is 0 Å². The first kappa shape index (κ1) is 16.8. The summed E-state index contributed by atoms with van der Waals surface area (Å²) >= 11 is 0. The predicted molar refractivity (Wildman–Crippen MR) is 101 cm³/mol. The summed E-state index contributed by atoms with van der Waals surface area (Å²) in [6.07, 6.45) is 3.75. The Morgan fingerprint density at radius 2 is 1.92 bits per heavy atom. The van der Waals surface area contributed by atoms with E-state index in [-0.39, 0.29) is 12.0 Å². The van der Waals surface area contributed by atoms with Crippen molar-refractivity contribution in [3.8, 4) is 0 Å². The zero-order valence-corrected chi connectivity index (χ0v) is 14.8. The maximum absolute atomic E-state index is 12.8. The molecule has 0 spiro atoms. The fourth-order valence-electron chi connectivity index (χ4n) is 3.47. The van der Waals surface area contributed by atoms with Gasteiger partial charge in [0.1, 0.15) is 6.54 Å². The van der Waals surface area contributed by atoms with Crippen molar-refractivity contribution >= 4 is 16.9 Å². The lowest BCUT2D eigenvalue weighted by Gasteiger charge is -2.33. The van der Waals surface area contributed by atoms with Crippen LogP contribution in [0.15, 0.2) is 60.9 Å². The average molecular weight is 349 g/mol. The summed E-state index contributed by atoms with van der Waals surface area (Å²) in [5.74, 6) is 0.126. The Morgan fingerprint density at radius 3 is 2.81 bits per heavy atom. The third-order valence-electron chi connectivity index (χ3n) is 4.92. The van der Waals surface area contributed by atoms with Crippen LogP contribution >= 0.6 is 0 Å². The van der Waals surface area contributed by atoms with Crippen LogP contribution in [0.5, 0.6) is 0 Å². The number of aromatic nitrogens is 2. The number of hydrogen-bond acceptors (Lipinski definition) is 3. The van der Waals surface area contributed by atoms with E-state index in [4.69, 9.17) is 4.74 Å². The molecule has 1 aliphatic heterocycles. The highest BCUT2D eigenvalue weighted by Gasteiger charge is 2.24. The number of ether oxygens (including phenoxy) is 1. The smallest absolute Gasteiger partial charge is 0.242 e. The van der Waals surface area contributed by atoms with Crippen LogP contribution in [0.2, 0.25) is 0 Å². The maximum atomic E-state index is 12.8. The summed E-state index contributed by atoms with van der Waals surface area (Å²) in [6, 6.07) is 18.3. The third kappa shape index (κ3) is 3.78. The van der Waals surface area contributed by atoms with Gasteiger partial charge in [-0.2, -0.15) is 0 Å². The van der Waals surface area contributed by atoms with Crippen molar-refractivity contribution in [2.24, 2.45) is 0 Å². The second-order valence-corrected chi connectivity index (χ2v) is 6.72. The molecule has 26 heavy (non-hydrogen) atoms. The lowest BCUT2D eigenvalue weighted by Crippen LogP contribution is -2.46. The highest BCUT2D eigenvalue weighted by Crippen LogP contribution is 2.15. The molecule has 3 aromatic rings. The summed E-state index contributed by atoms with van der Waals surface area (Å²) in [5.41, 5.74) is 3.22. The van der Waals surface area contributed by atoms with Crippen LogP contribution in [0.25, 0.3) is 11.0 Å². The number of morpholine rings is 1. The Hall–Kier alpha value is -2.66. The molecule has 1 atom stereocenters. The standard InChI is InChI=1S/C21H23N3O2/c25-21(15-24-16-22-19-8-4-5-9-20(19)24)23-12-13-26-18(14-23)11-10-17-6-2-1-3-7-17/h1-9,16,18H,10-15H2/t18-/m1/s1. The van der Waals surface area contributed by atoms with E-state index in [1.165, 1.54) is 5.56 Å². The molecule has 0 unspecified atom stereocenters. The second kappa shape index (κ2) is 7.70. The zero-order valence-electron chi connectivity index (χ0n) is 14.8. The van der Waals surface area contributed by atoms with E-state index in [2.05, 4.69) is 29.2 Å². The maximum Gasteiger partial charge on any atom is 0.242 e. The number of carbonyl (C=O) groups excluding carboxylic acids is 1. The summed E-state index contributed by atoms with van der Waals surface area (Å²) in [4.78, 5) is 19.0. The molecule has 0 radical (unpaired) electrons. The van der Waals surface area contributed by atoms with Gasteiger partial charge in [0.25, 0.3) is 0 Å². The van der Waals surface area contributed by atoms with E-state index < -0.39 is 0 Å². The number of aryl methyl sites for hydroxylation is 1. The molecule has 4 rings (SSSR count). The molecular formula is C21H23N3O2. The molecule has 0 aliphatic carbocycles. The largest absolute Gasteiger partial charge is 0.375 e. The van der Waals surface area contributed by atoms with Crippen LogP contribution in [0.3, 0.4) is 0 Å². The van der Waals surface area contributed by atoms with Crippen molar-refractivity contribution < 1.29 is 9.53 Å². The van der Waals surface area contributed by atoms with Gasteiger partial charge in [0, 0.05) is 13.1 Å². The van der Waals surface area contributed by atoms with Gasteiger partial charge in [-0.05, 0) is 30.5 Å². The fourth-order valence-corrected chi connectivity index (χ4v) is 3.47. The van der Waals surface area contributed by atoms with Crippen LogP contribution in [-0.4, -0.2) is 46.2 Å². The summed E-state index contributed by atoms with van der Waals surface area (Å²) < 4.78 is 7.80. The highest BCUT2D eigenvalue weighted by molar-refractivity contribution is 5.80. The van der Waals surface area contributed by atoms with Crippen LogP contribution in [-0.2, 0) is 22.5 Å². The minimum absolute atomic E-state index is 0.104. The predicted octanol–water partition coefficient (Wildman–Crippen LogP) is 2.90. The van der Waals surface area contributed by atoms with E-state index in [0.29, 0.717) is 26.2 Å². The number of para-hydroxylation sites is 2. The molecule has 0 saturated carbocycles. The first-order valence-corrected chi connectivity index (χ1v) is 9.13. The molecule has 134 valence electrons. The van der Waals surface area contributed by atoms with Crippen molar-refractivity contribution in [2.75, 3.05) is 19.7 Å². The number of fused-ring (bicyclic) bond motifs is 1. The Kier molecular flexibility index (Phi) is 4.97. The van der Waals surface area contributed by atoms with Gasteiger partial charge < -0.3 is 14.2 Å². The molecule has 0 N–H and O–H groups in total. The molecule has 1 fully saturated rings. The normalized spacial score (nSPS) is 17.5. The Labute approximate surface area is 153 Å². The monoisotopic (exact) mass is 349 g/mol. The Balaban J connectivity index is 1.35. The van der Waals surface area contributed by atoms with E-state index in [0.717, 1.165) is 23.9 Å². The van der Waals surface area contributed by atoms with E-state index >= 15 is 0 Å². The summed E-state index contributed by atoms with van der Waals surface area (Å²) in [6.45, 7) is 2.26. The third-order valence-corrected chi connectivity index (χ3v) is 4.92. The second-order valence-electron chi connectivity index (χ2n) is 6.72. The van der Waals surface area contributed by atoms with Crippen LogP contribution in [0.1, 0.15) is 12.0 Å². The molecule has 0 bridgehead atoms. The minimum atomic E-state index is 0.104. The highest BCUT2D eigenvalue weighted by atomic mass is 16.5. The van der Waals surface area contributed by atoms with E-state index in [1.54, 1.807) is 6.33 Å². The number of imidazole rings is 1. The number of rotatable bonds is 5. The molecule has 1 amide bonds. The van der Waals surface area contributed by atoms with E-state index in [1.807, 2.05) is 39.8 Å². The molecule has 2 heterocycles. The molecule has 5 nitrogen and oxygen atoms in total. The van der Waals surface area contributed by atoms with E-state index in [9.17, 15) is 4.79 Å². The Morgan fingerprint density at radius 1 is 1.12 bits per heavy atom. The van der Waals surface area contributed by atoms with Crippen molar-refractivity contribution in [1.82, 2.24) is 14.5 Å². The lowest BCUT2D eigenvalue weighted by atomic mass is 10.1. The number of hydrogen-bond donors (Lipinski definition) is 0. The van der Waals surface area contributed by atoms with Crippen molar-refractivity contribution in [2.45, 2.75) is 25.5 Å². The number of nitrogens with zero attached hydrogens (tertiary/aromatic N) is 3. The van der Waals surface area contributed by atoms with Crippen molar-refractivity contribution in [3.05, 3.63) is 66.5 Å². The van der Waals surface area contributed by atoms with Gasteiger partial charge >= 0.3 is 0 Å². The SMILES string of the molecule is O=C(Cn1cnc2ccccc21)N1CCO[C@H](CCc2ccccc2)C1. The van der Waals surface area contributed by atoms with Gasteiger partial charge in [0.2, 0.25) is 5.91 Å². The van der Waals surface area contributed by atoms with Gasteiger partial charge in [0.15, 0.2) is 0 Å². The number of carbonyl (C=O) groups is 1. The summed E-state index contributed by atoms with van der Waals surface area (Å²) in [5, 5.41) is 0. The van der Waals surface area contributed by atoms with Gasteiger partial charge in [-0.1, -0.05) is 42.5 Å². The molecule has 1 aromatic heterocycles. The van der Waals surface area contributed by atoms with Crippen LogP contribution in [0, 0.1) is 0 Å².